The van der Waals surface area contributed by atoms with Gasteiger partial charge in [0.2, 0.25) is 0 Å². The molecule has 0 spiro atoms. The van der Waals surface area contributed by atoms with Gasteiger partial charge in [-0.3, -0.25) is 4.90 Å². The Balaban J connectivity index is 4.18. The molecule has 0 fully saturated rings. The highest BCUT2D eigenvalue weighted by Gasteiger charge is 2.22. The Kier molecular flexibility index (Phi) is 7.14. The van der Waals surface area contributed by atoms with Crippen LogP contribution in [0.25, 0.3) is 0 Å². The molecule has 92 valence electrons. The first-order chi connectivity index (χ1) is 6.96. The van der Waals surface area contributed by atoms with Crippen molar-refractivity contribution in [2.45, 2.75) is 46.2 Å². The number of hydrogen-bond donors (Lipinski definition) is 1. The van der Waals surface area contributed by atoms with Gasteiger partial charge >= 0.3 is 0 Å². The minimum atomic E-state index is 0.173. The summed E-state index contributed by atoms with van der Waals surface area (Å²) < 4.78 is 5.20. The molecular formula is C12H28N2O. The molecule has 0 bridgehead atoms. The third-order valence-electron chi connectivity index (χ3n) is 2.69. The molecule has 0 saturated heterocycles. The molecule has 3 heteroatoms. The molecule has 3 nitrogen and oxygen atoms in total. The standard InChI is InChI=1S/C12H28N2O/c1-7-13-12(4,5)10-14(8-2)11(3)9-15-6/h11,13H,7-10H2,1-6H3. The van der Waals surface area contributed by atoms with E-state index in [1.165, 1.54) is 0 Å². The van der Waals surface area contributed by atoms with Crippen molar-refractivity contribution >= 4 is 0 Å². The average Bonchev–Trinajstić information content (AvgIpc) is 2.14. The maximum Gasteiger partial charge on any atom is 0.0615 e. The van der Waals surface area contributed by atoms with Crippen molar-refractivity contribution in [1.29, 1.82) is 0 Å². The second kappa shape index (κ2) is 7.20. The van der Waals surface area contributed by atoms with Gasteiger partial charge in [-0.15, -0.1) is 0 Å². The lowest BCUT2D eigenvalue weighted by Crippen LogP contribution is -2.52. The van der Waals surface area contributed by atoms with Crippen LogP contribution >= 0.6 is 0 Å². The molecule has 15 heavy (non-hydrogen) atoms. The molecular weight excluding hydrogens is 188 g/mol. The van der Waals surface area contributed by atoms with Crippen LogP contribution in [-0.4, -0.2) is 49.8 Å². The quantitative estimate of drug-likeness (QED) is 0.669. The summed E-state index contributed by atoms with van der Waals surface area (Å²) in [5.41, 5.74) is 0.173. The predicted molar refractivity (Wildman–Crippen MR) is 66.3 cm³/mol. The molecule has 1 N–H and O–H groups in total. The summed E-state index contributed by atoms with van der Waals surface area (Å²) in [4.78, 5) is 2.45. The fraction of sp³-hybridized carbons (Fsp3) is 1.00. The van der Waals surface area contributed by atoms with Crippen LogP contribution in [0, 0.1) is 0 Å². The second-order valence-electron chi connectivity index (χ2n) is 4.78. The Bertz CT molecular complexity index is 160. The van der Waals surface area contributed by atoms with Crippen molar-refractivity contribution in [3.63, 3.8) is 0 Å². The topological polar surface area (TPSA) is 24.5 Å². The number of methoxy groups -OCH3 is 1. The highest BCUT2D eigenvalue weighted by Crippen LogP contribution is 2.08. The van der Waals surface area contributed by atoms with Crippen molar-refractivity contribution < 1.29 is 4.74 Å². The van der Waals surface area contributed by atoms with Crippen LogP contribution in [-0.2, 0) is 4.74 Å². The number of rotatable bonds is 8. The van der Waals surface area contributed by atoms with Gasteiger partial charge in [-0.2, -0.15) is 0 Å². The monoisotopic (exact) mass is 216 g/mol. The van der Waals surface area contributed by atoms with Crippen LogP contribution in [0.3, 0.4) is 0 Å². The molecule has 0 rings (SSSR count). The molecule has 1 atom stereocenters. The lowest BCUT2D eigenvalue weighted by Gasteiger charge is -2.36. The van der Waals surface area contributed by atoms with E-state index in [0.717, 1.165) is 26.2 Å². The molecule has 0 aliphatic rings. The van der Waals surface area contributed by atoms with Crippen molar-refractivity contribution in [1.82, 2.24) is 10.2 Å². The third-order valence-corrected chi connectivity index (χ3v) is 2.69. The lowest BCUT2D eigenvalue weighted by molar-refractivity contribution is 0.0852. The van der Waals surface area contributed by atoms with Gasteiger partial charge in [0.1, 0.15) is 0 Å². The van der Waals surface area contributed by atoms with Crippen molar-refractivity contribution in [3.8, 4) is 0 Å². The molecule has 0 aromatic heterocycles. The first-order valence-corrected chi connectivity index (χ1v) is 5.94. The van der Waals surface area contributed by atoms with Crippen molar-refractivity contribution in [2.24, 2.45) is 0 Å². The van der Waals surface area contributed by atoms with Gasteiger partial charge in [-0.25, -0.2) is 0 Å². The minimum absolute atomic E-state index is 0.173. The Morgan fingerprint density at radius 2 is 1.93 bits per heavy atom. The van der Waals surface area contributed by atoms with Crippen LogP contribution in [0.15, 0.2) is 0 Å². The minimum Gasteiger partial charge on any atom is -0.383 e. The maximum absolute atomic E-state index is 5.20. The van der Waals surface area contributed by atoms with Gasteiger partial charge in [-0.1, -0.05) is 13.8 Å². The van der Waals surface area contributed by atoms with E-state index in [2.05, 4.69) is 44.8 Å². The maximum atomic E-state index is 5.20. The Labute approximate surface area is 95.2 Å². The molecule has 0 radical (unpaired) electrons. The third kappa shape index (κ3) is 6.13. The van der Waals surface area contributed by atoms with Crippen LogP contribution in [0.4, 0.5) is 0 Å². The normalized spacial score (nSPS) is 14.6. The summed E-state index contributed by atoms with van der Waals surface area (Å²) in [6, 6.07) is 0.484. The van der Waals surface area contributed by atoms with Crippen LogP contribution in [0.5, 0.6) is 0 Å². The van der Waals surface area contributed by atoms with Crippen LogP contribution in [0.1, 0.15) is 34.6 Å². The number of likely N-dealkylation sites (N-methyl/N-ethyl adjacent to an activating group) is 2. The van der Waals surface area contributed by atoms with Gasteiger partial charge in [0.05, 0.1) is 6.61 Å². The van der Waals surface area contributed by atoms with E-state index in [1.54, 1.807) is 7.11 Å². The van der Waals surface area contributed by atoms with Gasteiger partial charge in [0, 0.05) is 25.2 Å². The number of nitrogens with one attached hydrogen (secondary N) is 1. The highest BCUT2D eigenvalue weighted by molar-refractivity contribution is 4.82. The number of ether oxygens (including phenoxy) is 1. The Morgan fingerprint density at radius 1 is 1.33 bits per heavy atom. The van der Waals surface area contributed by atoms with E-state index in [-0.39, 0.29) is 5.54 Å². The van der Waals surface area contributed by atoms with E-state index in [0.29, 0.717) is 6.04 Å². The van der Waals surface area contributed by atoms with Crippen LogP contribution in [0.2, 0.25) is 0 Å². The Hall–Kier alpha value is -0.120. The molecule has 0 saturated carbocycles. The second-order valence-corrected chi connectivity index (χ2v) is 4.78. The largest absolute Gasteiger partial charge is 0.383 e. The van der Waals surface area contributed by atoms with E-state index < -0.39 is 0 Å². The van der Waals surface area contributed by atoms with Gasteiger partial charge in [-0.05, 0) is 33.9 Å². The molecule has 1 unspecified atom stereocenters. The summed E-state index contributed by atoms with van der Waals surface area (Å²) in [6.45, 7) is 15.0. The highest BCUT2D eigenvalue weighted by atomic mass is 16.5. The number of hydrogen-bond acceptors (Lipinski definition) is 3. The SMILES string of the molecule is CCNC(C)(C)CN(CC)C(C)COC. The van der Waals surface area contributed by atoms with Gasteiger partial charge in [0.25, 0.3) is 0 Å². The summed E-state index contributed by atoms with van der Waals surface area (Å²) >= 11 is 0. The summed E-state index contributed by atoms with van der Waals surface area (Å²) in [6.07, 6.45) is 0. The average molecular weight is 216 g/mol. The fourth-order valence-corrected chi connectivity index (χ4v) is 1.97. The van der Waals surface area contributed by atoms with Crippen molar-refractivity contribution in [3.05, 3.63) is 0 Å². The first kappa shape index (κ1) is 14.9. The summed E-state index contributed by atoms with van der Waals surface area (Å²) in [5.74, 6) is 0. The van der Waals surface area contributed by atoms with E-state index >= 15 is 0 Å². The predicted octanol–water partition coefficient (Wildman–Crippen LogP) is 1.73. The van der Waals surface area contributed by atoms with Gasteiger partial charge < -0.3 is 10.1 Å². The molecule has 0 aliphatic heterocycles. The molecule has 0 amide bonds. The van der Waals surface area contributed by atoms with E-state index in [4.69, 9.17) is 4.74 Å². The van der Waals surface area contributed by atoms with Gasteiger partial charge in [0.15, 0.2) is 0 Å². The van der Waals surface area contributed by atoms with Crippen molar-refractivity contribution in [2.75, 3.05) is 33.4 Å². The van der Waals surface area contributed by atoms with E-state index in [9.17, 15) is 0 Å². The zero-order chi connectivity index (χ0) is 11.9. The lowest BCUT2D eigenvalue weighted by atomic mass is 10.0. The zero-order valence-electron chi connectivity index (χ0n) is 11.3. The zero-order valence-corrected chi connectivity index (χ0v) is 11.3. The summed E-state index contributed by atoms with van der Waals surface area (Å²) in [7, 11) is 1.76. The first-order valence-electron chi connectivity index (χ1n) is 5.94. The Morgan fingerprint density at radius 3 is 2.33 bits per heavy atom. The smallest absolute Gasteiger partial charge is 0.0615 e. The fourth-order valence-electron chi connectivity index (χ4n) is 1.97. The van der Waals surface area contributed by atoms with Crippen LogP contribution < -0.4 is 5.32 Å². The number of nitrogens with zero attached hydrogens (tertiary/aromatic N) is 1. The molecule has 0 aromatic rings. The summed E-state index contributed by atoms with van der Waals surface area (Å²) in [5, 5.41) is 3.50. The molecule has 0 heterocycles. The van der Waals surface area contributed by atoms with E-state index in [1.807, 2.05) is 0 Å². The molecule has 0 aromatic carbocycles. The molecule has 0 aliphatic carbocycles.